The highest BCUT2D eigenvalue weighted by Gasteiger charge is 2.56. The molecule has 0 spiro atoms. The molecule has 1 saturated carbocycles. The Kier molecular flexibility index (Phi) is 17.5. The molecule has 2 saturated heterocycles. The summed E-state index contributed by atoms with van der Waals surface area (Å²) in [6, 6.07) is -1.04. The lowest BCUT2D eigenvalue weighted by atomic mass is 9.82. The zero-order chi connectivity index (χ0) is 42.0. The van der Waals surface area contributed by atoms with Crippen LogP contribution in [-0.2, 0) is 42.9 Å². The predicted molar refractivity (Wildman–Crippen MR) is 216 cm³/mol. The molecular formula is C44H70N2O11. The van der Waals surface area contributed by atoms with Gasteiger partial charge in [-0.3, -0.25) is 9.59 Å². The number of cyclic esters (lactones) is 1. The van der Waals surface area contributed by atoms with E-state index >= 15 is 0 Å². The van der Waals surface area contributed by atoms with E-state index in [9.17, 15) is 24.6 Å². The molecule has 13 heteroatoms. The van der Waals surface area contributed by atoms with Gasteiger partial charge in [0.2, 0.25) is 5.79 Å². The number of carbonyl (C=O) groups excluding carboxylic acids is 3. The van der Waals surface area contributed by atoms with Crippen molar-refractivity contribution in [1.29, 1.82) is 0 Å². The van der Waals surface area contributed by atoms with Gasteiger partial charge >= 0.3 is 5.97 Å². The van der Waals surface area contributed by atoms with Crippen molar-refractivity contribution in [3.05, 3.63) is 35.5 Å². The Hall–Kier alpha value is -2.94. The number of hydrogen-bond donors (Lipinski definition) is 2. The number of amides is 1. The van der Waals surface area contributed by atoms with Gasteiger partial charge < -0.3 is 43.6 Å². The van der Waals surface area contributed by atoms with Gasteiger partial charge in [-0.1, -0.05) is 56.7 Å². The maximum absolute atomic E-state index is 14.4. The first-order chi connectivity index (χ1) is 27.1. The Morgan fingerprint density at radius 1 is 0.982 bits per heavy atom. The lowest BCUT2D eigenvalue weighted by Gasteiger charge is -2.47. The number of Topliss-reactive ketones (excluding diaryl/α,β-unsaturated/α-hetero) is 1. The fourth-order valence-corrected chi connectivity index (χ4v) is 9.30. The number of hydrogen-bond acceptors (Lipinski definition) is 12. The van der Waals surface area contributed by atoms with Crippen LogP contribution in [0, 0.1) is 29.6 Å². The second-order valence-electron chi connectivity index (χ2n) is 17.0. The number of piperidine rings is 1. The molecule has 2 bridgehead atoms. The molecule has 3 heterocycles. The van der Waals surface area contributed by atoms with Crippen LogP contribution >= 0.6 is 0 Å². The lowest BCUT2D eigenvalue weighted by Crippen LogP contribution is -2.64. The van der Waals surface area contributed by atoms with E-state index < -0.39 is 65.9 Å². The molecule has 57 heavy (non-hydrogen) atoms. The Labute approximate surface area is 340 Å². The molecule has 0 unspecified atom stereocenters. The van der Waals surface area contributed by atoms with Gasteiger partial charge in [0.15, 0.2) is 0 Å². The van der Waals surface area contributed by atoms with Gasteiger partial charge in [0.1, 0.15) is 25.4 Å². The number of allylic oxidation sites excluding steroid dienone is 4. The normalized spacial score (nSPS) is 40.7. The molecule has 4 rings (SSSR count). The van der Waals surface area contributed by atoms with E-state index in [0.29, 0.717) is 38.5 Å². The summed E-state index contributed by atoms with van der Waals surface area (Å²) >= 11 is 0. The molecule has 0 aromatic carbocycles. The third kappa shape index (κ3) is 11.4. The van der Waals surface area contributed by atoms with E-state index in [1.165, 1.54) is 12.0 Å². The zero-order valence-corrected chi connectivity index (χ0v) is 36.0. The molecule has 0 radical (unpaired) electrons. The number of aliphatic hydroxyl groups excluding tert-OH is 1. The zero-order valence-electron chi connectivity index (χ0n) is 36.0. The summed E-state index contributed by atoms with van der Waals surface area (Å²) < 4.78 is 30.1. The van der Waals surface area contributed by atoms with Crippen LogP contribution in [0.15, 0.2) is 40.6 Å². The average molecular weight is 803 g/mol. The smallest absolute Gasteiger partial charge is 0.329 e. The highest BCUT2D eigenvalue weighted by molar-refractivity contribution is 6.39. The van der Waals surface area contributed by atoms with Crippen LogP contribution in [0.5, 0.6) is 0 Å². The lowest BCUT2D eigenvalue weighted by molar-refractivity contribution is -0.302. The summed E-state index contributed by atoms with van der Waals surface area (Å²) in [5.41, 5.74) is 2.70. The van der Waals surface area contributed by atoms with Crippen molar-refractivity contribution < 1.29 is 53.1 Å². The SMILES string of the molecule is CC[C@@H]1/C=C(\C)C[C@H](C)C[C@H](OC)[C@H]2O[C@@](O)(C(=O)C(=O)N3CCCC[C@H]3C(=O)O[C@H](/C(C)=C/[C@@H]3CC[C@@H](O)[C@H](OC)C3)[C@H](C)/C=C/C1=N/OC)[C@H](C)C[C@@H]2OC. The number of fused-ring (bicyclic) bond motifs is 3. The van der Waals surface area contributed by atoms with Crippen molar-refractivity contribution in [1.82, 2.24) is 4.90 Å². The summed E-state index contributed by atoms with van der Waals surface area (Å²) in [6.45, 7) is 12.0. The number of aliphatic hydroxyl groups is 2. The van der Waals surface area contributed by atoms with Gasteiger partial charge in [0.05, 0.1) is 30.1 Å². The van der Waals surface area contributed by atoms with Crippen molar-refractivity contribution >= 4 is 23.4 Å². The van der Waals surface area contributed by atoms with Gasteiger partial charge in [-0.2, -0.15) is 0 Å². The van der Waals surface area contributed by atoms with Crippen LogP contribution in [0.3, 0.4) is 0 Å². The molecule has 4 aliphatic rings. The van der Waals surface area contributed by atoms with Gasteiger partial charge in [-0.25, -0.2) is 4.79 Å². The van der Waals surface area contributed by atoms with Gasteiger partial charge in [0, 0.05) is 45.6 Å². The molecule has 0 aromatic rings. The van der Waals surface area contributed by atoms with Crippen LogP contribution in [0.25, 0.3) is 0 Å². The van der Waals surface area contributed by atoms with Crippen molar-refractivity contribution in [2.45, 2.75) is 154 Å². The number of carbonyl (C=O) groups is 3. The summed E-state index contributed by atoms with van der Waals surface area (Å²) in [5.74, 6) is -6.17. The van der Waals surface area contributed by atoms with Crippen LogP contribution < -0.4 is 0 Å². The third-order valence-electron chi connectivity index (χ3n) is 12.6. The fourth-order valence-electron chi connectivity index (χ4n) is 9.30. The second-order valence-corrected chi connectivity index (χ2v) is 17.0. The molecule has 1 amide bonds. The summed E-state index contributed by atoms with van der Waals surface area (Å²) in [7, 11) is 6.25. The Morgan fingerprint density at radius 2 is 1.67 bits per heavy atom. The second kappa shape index (κ2) is 21.4. The number of ether oxygens (including phenoxy) is 5. The molecular weight excluding hydrogens is 732 g/mol. The first kappa shape index (κ1) is 46.7. The van der Waals surface area contributed by atoms with Crippen LogP contribution in [0.1, 0.15) is 106 Å². The first-order valence-electron chi connectivity index (χ1n) is 21.0. The quantitative estimate of drug-likeness (QED) is 0.140. The average Bonchev–Trinajstić information content (AvgIpc) is 3.20. The fraction of sp³-hybridized carbons (Fsp3) is 0.773. The third-order valence-corrected chi connectivity index (χ3v) is 12.6. The monoisotopic (exact) mass is 802 g/mol. The molecule has 13 nitrogen and oxygen atoms in total. The van der Waals surface area contributed by atoms with E-state index in [1.54, 1.807) is 28.3 Å². The number of rotatable bonds is 7. The minimum atomic E-state index is -2.46. The van der Waals surface area contributed by atoms with Gasteiger partial charge in [-0.15, -0.1) is 0 Å². The van der Waals surface area contributed by atoms with Crippen LogP contribution in [-0.4, -0.2) is 122 Å². The highest BCUT2D eigenvalue weighted by atomic mass is 16.7. The molecule has 1 aliphatic carbocycles. The number of esters is 1. The summed E-state index contributed by atoms with van der Waals surface area (Å²) in [6.07, 6.45) is 10.5. The molecule has 2 N–H and O–H groups in total. The Bertz CT molecular complexity index is 1490. The number of nitrogens with zero attached hydrogens (tertiary/aromatic N) is 2. The number of ketones is 1. The number of methoxy groups -OCH3 is 3. The van der Waals surface area contributed by atoms with Crippen molar-refractivity contribution in [3.8, 4) is 0 Å². The Morgan fingerprint density at radius 3 is 2.32 bits per heavy atom. The summed E-state index contributed by atoms with van der Waals surface area (Å²) in [5, 5.41) is 26.9. The predicted octanol–water partition coefficient (Wildman–Crippen LogP) is 5.71. The van der Waals surface area contributed by atoms with Crippen LogP contribution in [0.2, 0.25) is 0 Å². The van der Waals surface area contributed by atoms with Crippen molar-refractivity contribution in [2.24, 2.45) is 34.7 Å². The van der Waals surface area contributed by atoms with E-state index in [2.05, 4.69) is 38.1 Å². The van der Waals surface area contributed by atoms with Crippen molar-refractivity contribution in [2.75, 3.05) is 35.0 Å². The largest absolute Gasteiger partial charge is 0.456 e. The van der Waals surface area contributed by atoms with E-state index in [4.69, 9.17) is 28.5 Å². The minimum absolute atomic E-state index is 0.0610. The van der Waals surface area contributed by atoms with E-state index in [0.717, 1.165) is 36.1 Å². The van der Waals surface area contributed by atoms with Gasteiger partial charge in [0.25, 0.3) is 11.7 Å². The summed E-state index contributed by atoms with van der Waals surface area (Å²) in [4.78, 5) is 49.4. The molecule has 322 valence electrons. The van der Waals surface area contributed by atoms with E-state index in [1.807, 2.05) is 26.0 Å². The topological polar surface area (TPSA) is 163 Å². The first-order valence-corrected chi connectivity index (χ1v) is 21.0. The van der Waals surface area contributed by atoms with Crippen LogP contribution in [0.4, 0.5) is 0 Å². The maximum atomic E-state index is 14.4. The molecule has 13 atom stereocenters. The Balaban J connectivity index is 1.80. The van der Waals surface area contributed by atoms with E-state index in [-0.39, 0.29) is 42.7 Å². The maximum Gasteiger partial charge on any atom is 0.329 e. The minimum Gasteiger partial charge on any atom is -0.456 e. The molecule has 0 aromatic heterocycles. The molecule has 3 aliphatic heterocycles. The standard InChI is InChI=1S/C44H70N2O11/c1-11-32-21-26(2)20-27(3)22-37(53-8)40-38(54-9)24-30(6)44(51,57-40)41(48)42(49)46-19-13-12-14-34(46)43(50)56-39(28(4)15-17-33(32)45-55-10)29(5)23-31-16-18-35(47)36(25-31)52-7/h15,17,21,23,27-28,30-32,34-40,47,51H,11-14,16,18-20,22,24-25H2,1-10H3/b17-15+,26-21+,29-23+,45-33-/t27-,28+,30+,31-,32+,34-,35+,36+,37-,38-,39-,40+,44+/m0/s1. The molecule has 3 fully saturated rings. The highest BCUT2D eigenvalue weighted by Crippen LogP contribution is 2.39. The number of oxime groups is 1. The van der Waals surface area contributed by atoms with Crippen molar-refractivity contribution in [3.63, 3.8) is 0 Å². The van der Waals surface area contributed by atoms with Gasteiger partial charge in [-0.05, 0) is 102 Å².